The fourth-order valence-electron chi connectivity index (χ4n) is 9.81. The summed E-state index contributed by atoms with van der Waals surface area (Å²) in [5.74, 6) is -0.169. The number of nitrogens with one attached hydrogen (secondary N) is 1. The lowest BCUT2D eigenvalue weighted by Crippen LogP contribution is -2.45. The van der Waals surface area contributed by atoms with Crippen molar-refractivity contribution in [1.29, 1.82) is 0 Å². The number of rotatable bonds is 59. The minimum absolute atomic E-state index is 0.0652. The summed E-state index contributed by atoms with van der Waals surface area (Å²) in [7, 11) is 1.59. The highest BCUT2D eigenvalue weighted by atomic mass is 31.2. The van der Waals surface area contributed by atoms with Crippen molar-refractivity contribution in [2.45, 2.75) is 341 Å². The van der Waals surface area contributed by atoms with E-state index in [1.54, 1.807) is 6.08 Å². The van der Waals surface area contributed by atoms with Gasteiger partial charge in [0.05, 0.1) is 39.9 Å². The second-order valence-corrected chi connectivity index (χ2v) is 24.6. The van der Waals surface area contributed by atoms with E-state index in [9.17, 15) is 19.4 Å². The van der Waals surface area contributed by atoms with Crippen LogP contribution in [0.25, 0.3) is 0 Å². The number of aliphatic hydroxyl groups excluding tert-OH is 1. The molecule has 0 spiro atoms. The summed E-state index contributed by atoms with van der Waals surface area (Å²) < 4.78 is 23.7. The van der Waals surface area contributed by atoms with E-state index in [4.69, 9.17) is 9.05 Å². The molecule has 0 saturated carbocycles. The largest absolute Gasteiger partial charge is 0.472 e. The molecule has 0 aliphatic carbocycles. The fraction of sp³-hybridized carbons (Fsp3) is 0.952. The van der Waals surface area contributed by atoms with Crippen LogP contribution >= 0.6 is 7.82 Å². The first kappa shape index (κ1) is 70.2. The Morgan fingerprint density at radius 3 is 1.04 bits per heavy atom. The molecular formula is C62H126N2O6P+. The first-order valence-corrected chi connectivity index (χ1v) is 33.1. The molecule has 0 aliphatic rings. The molecule has 0 aromatic heterocycles. The van der Waals surface area contributed by atoms with Gasteiger partial charge < -0.3 is 19.8 Å². The Morgan fingerprint density at radius 1 is 0.465 bits per heavy atom. The second-order valence-electron chi connectivity index (χ2n) is 23.2. The molecule has 0 heterocycles. The average molecular weight is 1030 g/mol. The number of phosphoric ester groups is 1. The van der Waals surface area contributed by atoms with Crippen molar-refractivity contribution in [3.05, 3.63) is 12.2 Å². The van der Waals surface area contributed by atoms with Gasteiger partial charge in [-0.2, -0.15) is 0 Å². The third-order valence-corrected chi connectivity index (χ3v) is 15.7. The van der Waals surface area contributed by atoms with Gasteiger partial charge >= 0.3 is 7.82 Å². The molecule has 0 radical (unpaired) electrons. The molecular weight excluding hydrogens is 900 g/mol. The molecule has 1 amide bonds. The number of likely N-dealkylation sites (N-methyl/N-ethyl adjacent to an activating group) is 1. The molecule has 3 N–H and O–H groups in total. The van der Waals surface area contributed by atoms with E-state index in [2.05, 4.69) is 19.2 Å². The van der Waals surface area contributed by atoms with Crippen LogP contribution < -0.4 is 5.32 Å². The van der Waals surface area contributed by atoms with Gasteiger partial charge in [-0.15, -0.1) is 0 Å². The average Bonchev–Trinajstić information content (AvgIpc) is 3.33. The number of quaternary nitrogens is 1. The lowest BCUT2D eigenvalue weighted by molar-refractivity contribution is -0.870. The monoisotopic (exact) mass is 1030 g/mol. The minimum atomic E-state index is -4.34. The maximum absolute atomic E-state index is 13.0. The van der Waals surface area contributed by atoms with Crippen molar-refractivity contribution in [2.24, 2.45) is 0 Å². The van der Waals surface area contributed by atoms with Crippen LogP contribution in [-0.2, 0) is 18.4 Å². The van der Waals surface area contributed by atoms with E-state index in [1.807, 2.05) is 27.2 Å². The molecule has 0 aromatic rings. The smallest absolute Gasteiger partial charge is 0.387 e. The number of unbranched alkanes of at least 4 members (excludes halogenated alkanes) is 46. The zero-order valence-electron chi connectivity index (χ0n) is 48.5. The van der Waals surface area contributed by atoms with Gasteiger partial charge in [-0.3, -0.25) is 13.8 Å². The van der Waals surface area contributed by atoms with Gasteiger partial charge in [0.15, 0.2) is 0 Å². The zero-order chi connectivity index (χ0) is 52.0. The van der Waals surface area contributed by atoms with Gasteiger partial charge in [0, 0.05) is 6.42 Å². The number of hydrogen-bond acceptors (Lipinski definition) is 5. The first-order chi connectivity index (χ1) is 34.5. The Morgan fingerprint density at radius 2 is 0.746 bits per heavy atom. The van der Waals surface area contributed by atoms with E-state index < -0.39 is 20.0 Å². The minimum Gasteiger partial charge on any atom is -0.387 e. The summed E-state index contributed by atoms with van der Waals surface area (Å²) in [4.78, 5) is 23.3. The highest BCUT2D eigenvalue weighted by Crippen LogP contribution is 2.43. The van der Waals surface area contributed by atoms with Crippen molar-refractivity contribution in [2.75, 3.05) is 40.9 Å². The summed E-state index contributed by atoms with van der Waals surface area (Å²) in [5, 5.41) is 14.0. The van der Waals surface area contributed by atoms with Crippen molar-refractivity contribution in [3.63, 3.8) is 0 Å². The molecule has 0 bridgehead atoms. The summed E-state index contributed by atoms with van der Waals surface area (Å²) in [6.45, 7) is 4.87. The third kappa shape index (κ3) is 56.8. The Labute approximate surface area is 443 Å². The van der Waals surface area contributed by atoms with Crippen LogP contribution in [0.4, 0.5) is 0 Å². The predicted molar refractivity (Wildman–Crippen MR) is 309 cm³/mol. The van der Waals surface area contributed by atoms with Crippen LogP contribution in [-0.4, -0.2) is 73.4 Å². The maximum Gasteiger partial charge on any atom is 0.472 e. The van der Waals surface area contributed by atoms with Crippen molar-refractivity contribution >= 4 is 13.7 Å². The van der Waals surface area contributed by atoms with E-state index >= 15 is 0 Å². The van der Waals surface area contributed by atoms with Gasteiger partial charge in [-0.25, -0.2) is 4.57 Å². The maximum atomic E-state index is 13.0. The molecule has 71 heavy (non-hydrogen) atoms. The second kappa shape index (κ2) is 54.0. The molecule has 0 aliphatic heterocycles. The van der Waals surface area contributed by atoms with E-state index in [0.29, 0.717) is 17.4 Å². The van der Waals surface area contributed by atoms with E-state index in [0.717, 1.165) is 32.1 Å². The standard InChI is InChI=1S/C62H125N2O6P/c1-6-8-10-12-14-16-18-20-22-24-26-27-28-29-30-31-32-33-34-35-36-37-38-40-42-44-46-48-50-52-54-56-62(66)63-60(59-70-71(67,68)69-58-57-64(3,4)5)61(65)55-53-51-49-47-45-43-41-39-25-23-21-19-17-15-13-11-9-7-2/h53,55,60-61,65H,6-52,54,56-59H2,1-5H3,(H-,63,66,67,68)/p+1/b55-53+. The highest BCUT2D eigenvalue weighted by Gasteiger charge is 2.28. The van der Waals surface area contributed by atoms with Gasteiger partial charge in [-0.1, -0.05) is 315 Å². The van der Waals surface area contributed by atoms with E-state index in [-0.39, 0.29) is 19.1 Å². The van der Waals surface area contributed by atoms with Gasteiger partial charge in [0.1, 0.15) is 13.2 Å². The molecule has 9 heteroatoms. The molecule has 8 nitrogen and oxygen atoms in total. The third-order valence-electron chi connectivity index (χ3n) is 14.8. The lowest BCUT2D eigenvalue weighted by atomic mass is 10.0. The Kier molecular flexibility index (Phi) is 53.5. The van der Waals surface area contributed by atoms with E-state index in [1.165, 1.54) is 276 Å². The lowest BCUT2D eigenvalue weighted by Gasteiger charge is -2.25. The molecule has 0 rings (SSSR count). The van der Waals surface area contributed by atoms with Crippen LogP contribution in [0.3, 0.4) is 0 Å². The van der Waals surface area contributed by atoms with Crippen LogP contribution in [0.2, 0.25) is 0 Å². The van der Waals surface area contributed by atoms with Gasteiger partial charge in [0.2, 0.25) is 5.91 Å². The molecule has 3 unspecified atom stereocenters. The van der Waals surface area contributed by atoms with Crippen molar-refractivity contribution in [1.82, 2.24) is 5.32 Å². The summed E-state index contributed by atoms with van der Waals surface area (Å²) in [5.41, 5.74) is 0. The normalized spacial score (nSPS) is 13.8. The Bertz CT molecular complexity index is 1160. The number of phosphoric acid groups is 1. The summed E-state index contributed by atoms with van der Waals surface area (Å²) in [6, 6.07) is -0.842. The van der Waals surface area contributed by atoms with Crippen molar-refractivity contribution in [3.8, 4) is 0 Å². The molecule has 424 valence electrons. The fourth-order valence-corrected chi connectivity index (χ4v) is 10.5. The first-order valence-electron chi connectivity index (χ1n) is 31.6. The molecule has 0 aromatic carbocycles. The number of carbonyl (C=O) groups excluding carboxylic acids is 1. The van der Waals surface area contributed by atoms with Gasteiger partial charge in [-0.05, 0) is 19.3 Å². The number of amides is 1. The quantitative estimate of drug-likeness (QED) is 0.0243. The SMILES string of the molecule is CCCCCCCCCCCCCCCCCC/C=C/C(O)C(COP(=O)(O)OCC[N+](C)(C)C)NC(=O)CCCCCCCCCCCCCCCCCCCCCCCCCCCCCCCCC. The number of hydrogen-bond donors (Lipinski definition) is 3. The van der Waals surface area contributed by atoms with Crippen LogP contribution in [0.1, 0.15) is 328 Å². The summed E-state index contributed by atoms with van der Waals surface area (Å²) >= 11 is 0. The number of allylic oxidation sites excluding steroid dienone is 1. The molecule has 0 saturated heterocycles. The van der Waals surface area contributed by atoms with Crippen LogP contribution in [0.5, 0.6) is 0 Å². The van der Waals surface area contributed by atoms with Crippen LogP contribution in [0.15, 0.2) is 12.2 Å². The zero-order valence-corrected chi connectivity index (χ0v) is 49.4. The Hall–Kier alpha value is -0.760. The highest BCUT2D eigenvalue weighted by molar-refractivity contribution is 7.47. The number of nitrogens with zero attached hydrogens (tertiary/aromatic N) is 1. The van der Waals surface area contributed by atoms with Gasteiger partial charge in [0.25, 0.3) is 0 Å². The number of carbonyl (C=O) groups is 1. The summed E-state index contributed by atoms with van der Waals surface area (Å²) in [6.07, 6.45) is 67.6. The molecule has 0 fully saturated rings. The van der Waals surface area contributed by atoms with Crippen LogP contribution in [0, 0.1) is 0 Å². The number of aliphatic hydroxyl groups is 1. The topological polar surface area (TPSA) is 105 Å². The molecule has 3 atom stereocenters. The predicted octanol–water partition coefficient (Wildman–Crippen LogP) is 19.4. The Balaban J connectivity index is 4.03. The van der Waals surface area contributed by atoms with Crippen molar-refractivity contribution < 1.29 is 32.9 Å².